The van der Waals surface area contributed by atoms with Crippen LogP contribution in [0.3, 0.4) is 0 Å². The topological polar surface area (TPSA) is 80.8 Å². The predicted octanol–water partition coefficient (Wildman–Crippen LogP) is 3.96. The van der Waals surface area contributed by atoms with Crippen molar-refractivity contribution in [1.82, 2.24) is 15.2 Å². The Morgan fingerprint density at radius 2 is 1.90 bits per heavy atom. The molecule has 0 saturated carbocycles. The van der Waals surface area contributed by atoms with Crippen molar-refractivity contribution >= 4 is 12.0 Å². The third-order valence-electron chi connectivity index (χ3n) is 5.49. The van der Waals surface area contributed by atoms with Crippen molar-refractivity contribution in [3.8, 4) is 5.88 Å². The Labute approximate surface area is 181 Å². The van der Waals surface area contributed by atoms with Crippen LogP contribution >= 0.6 is 0 Å². The fourth-order valence-corrected chi connectivity index (χ4v) is 3.74. The van der Waals surface area contributed by atoms with E-state index in [1.807, 2.05) is 6.07 Å². The van der Waals surface area contributed by atoms with Crippen LogP contribution in [0.1, 0.15) is 48.1 Å². The lowest BCUT2D eigenvalue weighted by Crippen LogP contribution is -2.40. The van der Waals surface area contributed by atoms with Crippen molar-refractivity contribution in [3.05, 3.63) is 59.5 Å². The van der Waals surface area contributed by atoms with Gasteiger partial charge in [-0.05, 0) is 61.9 Å². The van der Waals surface area contributed by atoms with Gasteiger partial charge in [-0.3, -0.25) is 4.79 Å². The number of methoxy groups -OCH3 is 1. The zero-order chi connectivity index (χ0) is 22.2. The molecule has 2 heterocycles. The van der Waals surface area contributed by atoms with E-state index in [1.165, 1.54) is 24.3 Å². The molecule has 1 fully saturated rings. The first-order valence-corrected chi connectivity index (χ1v) is 10.5. The van der Waals surface area contributed by atoms with Crippen LogP contribution in [0.2, 0.25) is 0 Å². The normalized spacial score (nSPS) is 15.3. The Balaban J connectivity index is 1.69. The molecule has 0 aliphatic carbocycles. The van der Waals surface area contributed by atoms with Gasteiger partial charge < -0.3 is 19.7 Å². The highest BCUT2D eigenvalue weighted by Crippen LogP contribution is 2.29. The average Bonchev–Trinajstić information content (AvgIpc) is 2.79. The molecule has 7 nitrogen and oxygen atoms in total. The van der Waals surface area contributed by atoms with E-state index in [0.29, 0.717) is 43.5 Å². The van der Waals surface area contributed by atoms with Crippen LogP contribution in [-0.2, 0) is 4.74 Å². The Morgan fingerprint density at radius 3 is 2.48 bits per heavy atom. The number of carbonyl (C=O) groups excluding carboxylic acids is 2. The van der Waals surface area contributed by atoms with Crippen LogP contribution < -0.4 is 10.1 Å². The molecule has 0 spiro atoms. The SMILES string of the molecule is CCOC(=O)N1CCC(CC(NC(=O)c2ccc(F)cc2)c2ccc(OC)nc2)CC1. The number of ether oxygens (including phenoxy) is 2. The maximum absolute atomic E-state index is 13.2. The van der Waals surface area contributed by atoms with Gasteiger partial charge in [0.15, 0.2) is 0 Å². The second kappa shape index (κ2) is 10.7. The van der Waals surface area contributed by atoms with E-state index >= 15 is 0 Å². The summed E-state index contributed by atoms with van der Waals surface area (Å²) in [6, 6.07) is 8.84. The largest absolute Gasteiger partial charge is 0.481 e. The molecule has 1 unspecified atom stereocenters. The fourth-order valence-electron chi connectivity index (χ4n) is 3.74. The number of pyridine rings is 1. The Hall–Kier alpha value is -3.16. The van der Waals surface area contributed by atoms with Gasteiger partial charge in [-0.15, -0.1) is 0 Å². The number of hydrogen-bond acceptors (Lipinski definition) is 5. The first-order chi connectivity index (χ1) is 15.0. The Morgan fingerprint density at radius 1 is 1.19 bits per heavy atom. The highest BCUT2D eigenvalue weighted by atomic mass is 19.1. The summed E-state index contributed by atoms with van der Waals surface area (Å²) in [6.45, 7) is 3.41. The lowest BCUT2D eigenvalue weighted by molar-refractivity contribution is 0.0874. The highest BCUT2D eigenvalue weighted by Gasteiger charge is 2.27. The van der Waals surface area contributed by atoms with E-state index in [0.717, 1.165) is 18.4 Å². The number of halogens is 1. The van der Waals surface area contributed by atoms with Gasteiger partial charge >= 0.3 is 6.09 Å². The van der Waals surface area contributed by atoms with Gasteiger partial charge in [-0.25, -0.2) is 14.2 Å². The van der Waals surface area contributed by atoms with Crippen LogP contribution in [0.5, 0.6) is 5.88 Å². The molecule has 166 valence electrons. The molecular formula is C23H28FN3O4. The minimum atomic E-state index is -0.388. The van der Waals surface area contributed by atoms with Gasteiger partial charge in [0.2, 0.25) is 5.88 Å². The lowest BCUT2D eigenvalue weighted by atomic mass is 9.88. The van der Waals surface area contributed by atoms with E-state index < -0.39 is 0 Å². The molecule has 2 amide bonds. The predicted molar refractivity (Wildman–Crippen MR) is 113 cm³/mol. The molecular weight excluding hydrogens is 401 g/mol. The van der Waals surface area contributed by atoms with Gasteiger partial charge in [0.05, 0.1) is 19.8 Å². The Bertz CT molecular complexity index is 865. The molecule has 8 heteroatoms. The molecule has 1 saturated heterocycles. The van der Waals surface area contributed by atoms with Crippen molar-refractivity contribution in [2.75, 3.05) is 26.8 Å². The molecule has 1 aliphatic rings. The summed E-state index contributed by atoms with van der Waals surface area (Å²) in [4.78, 5) is 30.7. The molecule has 31 heavy (non-hydrogen) atoms. The van der Waals surface area contributed by atoms with Crippen LogP contribution in [0, 0.1) is 11.7 Å². The number of amides is 2. The quantitative estimate of drug-likeness (QED) is 0.721. The van der Waals surface area contributed by atoms with E-state index in [4.69, 9.17) is 9.47 Å². The maximum atomic E-state index is 13.2. The van der Waals surface area contributed by atoms with E-state index in [2.05, 4.69) is 10.3 Å². The minimum absolute atomic E-state index is 0.268. The number of piperidine rings is 1. The lowest BCUT2D eigenvalue weighted by Gasteiger charge is -2.33. The van der Waals surface area contributed by atoms with Crippen LogP contribution in [0.4, 0.5) is 9.18 Å². The van der Waals surface area contributed by atoms with Gasteiger partial charge in [0.25, 0.3) is 5.91 Å². The molecule has 0 radical (unpaired) electrons. The number of likely N-dealkylation sites (tertiary alicyclic amines) is 1. The number of nitrogens with one attached hydrogen (secondary N) is 1. The molecule has 1 aromatic carbocycles. The number of carbonyl (C=O) groups is 2. The van der Waals surface area contributed by atoms with Crippen molar-refractivity contribution in [2.45, 2.75) is 32.2 Å². The second-order valence-electron chi connectivity index (χ2n) is 7.53. The monoisotopic (exact) mass is 429 g/mol. The molecule has 1 atom stereocenters. The summed E-state index contributed by atoms with van der Waals surface area (Å²) >= 11 is 0. The van der Waals surface area contributed by atoms with Gasteiger partial charge in [0, 0.05) is 30.9 Å². The summed E-state index contributed by atoms with van der Waals surface area (Å²) in [6.07, 6.45) is 3.78. The van der Waals surface area contributed by atoms with E-state index in [9.17, 15) is 14.0 Å². The fraction of sp³-hybridized carbons (Fsp3) is 0.435. The van der Waals surface area contributed by atoms with Gasteiger partial charge in [0.1, 0.15) is 5.82 Å². The molecule has 1 N–H and O–H groups in total. The number of aromatic nitrogens is 1. The maximum Gasteiger partial charge on any atom is 0.409 e. The molecule has 0 bridgehead atoms. The van der Waals surface area contributed by atoms with Gasteiger partial charge in [-0.1, -0.05) is 6.07 Å². The van der Waals surface area contributed by atoms with Crippen molar-refractivity contribution in [3.63, 3.8) is 0 Å². The first-order valence-electron chi connectivity index (χ1n) is 10.5. The summed E-state index contributed by atoms with van der Waals surface area (Å²) in [7, 11) is 1.55. The minimum Gasteiger partial charge on any atom is -0.481 e. The third kappa shape index (κ3) is 6.16. The summed E-state index contributed by atoms with van der Waals surface area (Å²) < 4.78 is 23.4. The number of nitrogens with zero attached hydrogens (tertiary/aromatic N) is 2. The summed E-state index contributed by atoms with van der Waals surface area (Å²) in [5.41, 5.74) is 1.26. The van der Waals surface area contributed by atoms with Crippen LogP contribution in [0.25, 0.3) is 0 Å². The molecule has 1 aliphatic heterocycles. The van der Waals surface area contributed by atoms with Crippen molar-refractivity contribution < 1.29 is 23.5 Å². The van der Waals surface area contributed by atoms with Crippen molar-refractivity contribution in [1.29, 1.82) is 0 Å². The number of rotatable bonds is 7. The van der Waals surface area contributed by atoms with E-state index in [-0.39, 0.29) is 23.9 Å². The molecule has 3 rings (SSSR count). The smallest absolute Gasteiger partial charge is 0.409 e. The summed E-state index contributed by atoms with van der Waals surface area (Å²) in [5.74, 6) is 0.159. The standard InChI is InChI=1S/C23H28FN3O4/c1-3-31-23(29)27-12-10-16(11-13-27)14-20(18-6-9-21(30-2)25-15-18)26-22(28)17-4-7-19(24)8-5-17/h4-9,15-16,20H,3,10-14H2,1-2H3,(H,26,28). The molecule has 1 aromatic heterocycles. The zero-order valence-corrected chi connectivity index (χ0v) is 17.8. The van der Waals surface area contributed by atoms with Gasteiger partial charge in [-0.2, -0.15) is 0 Å². The zero-order valence-electron chi connectivity index (χ0n) is 17.8. The average molecular weight is 429 g/mol. The van der Waals surface area contributed by atoms with Crippen LogP contribution in [-0.4, -0.2) is 48.7 Å². The Kier molecular flexibility index (Phi) is 7.81. The summed E-state index contributed by atoms with van der Waals surface area (Å²) in [5, 5.41) is 3.06. The molecule has 2 aromatic rings. The second-order valence-corrected chi connectivity index (χ2v) is 7.53. The van der Waals surface area contributed by atoms with Crippen LogP contribution in [0.15, 0.2) is 42.6 Å². The number of hydrogen-bond donors (Lipinski definition) is 1. The first kappa shape index (κ1) is 22.5. The van der Waals surface area contributed by atoms with Crippen molar-refractivity contribution in [2.24, 2.45) is 5.92 Å². The van der Waals surface area contributed by atoms with E-state index in [1.54, 1.807) is 31.2 Å². The third-order valence-corrected chi connectivity index (χ3v) is 5.49. The number of benzene rings is 1. The highest BCUT2D eigenvalue weighted by molar-refractivity contribution is 5.94.